The first kappa shape index (κ1) is 19.2. The van der Waals surface area contributed by atoms with Crippen molar-refractivity contribution < 1.29 is 27.8 Å². The first-order valence-electron chi connectivity index (χ1n) is 8.06. The second kappa shape index (κ2) is 7.21. The lowest BCUT2D eigenvalue weighted by atomic mass is 9.97. The van der Waals surface area contributed by atoms with Crippen molar-refractivity contribution in [3.05, 3.63) is 30.1 Å². The molecule has 2 N–H and O–H groups in total. The molecular weight excluding hydrogens is 378 g/mol. The third kappa shape index (κ3) is 3.91. The fourth-order valence-electron chi connectivity index (χ4n) is 2.87. The maximum Gasteiger partial charge on any atom is 0.325 e. The predicted octanol–water partition coefficient (Wildman–Crippen LogP) is 0.0314. The van der Waals surface area contributed by atoms with Crippen LogP contribution in [0.3, 0.4) is 0 Å². The van der Waals surface area contributed by atoms with Crippen LogP contribution in [0.1, 0.15) is 19.7 Å². The van der Waals surface area contributed by atoms with Crippen molar-refractivity contribution in [2.45, 2.75) is 37.0 Å². The molecular formula is C15H19N5O6S. The summed E-state index contributed by atoms with van der Waals surface area (Å²) in [5, 5.41) is 22.6. The maximum atomic E-state index is 13.0. The standard InChI is InChI=1S/C15H19N5O6S/c1-15(2)13(14(21)22)20(7-8-26-15)27(23,24)11-5-3-10(4-6-11)25-9-12-16-18-19-17-12/h3-6,13H,7-9H2,1-2H3,(H,21,22)(H,16,17,18,19)/t13-/m0/s1. The Morgan fingerprint density at radius 2 is 2.11 bits per heavy atom. The number of sulfonamides is 1. The van der Waals surface area contributed by atoms with Gasteiger partial charge in [-0.1, -0.05) is 0 Å². The number of hydrogen-bond donors (Lipinski definition) is 2. The number of nitrogens with one attached hydrogen (secondary N) is 1. The molecule has 0 radical (unpaired) electrons. The van der Waals surface area contributed by atoms with E-state index < -0.39 is 27.6 Å². The van der Waals surface area contributed by atoms with Crippen molar-refractivity contribution in [2.75, 3.05) is 13.2 Å². The summed E-state index contributed by atoms with van der Waals surface area (Å²) in [6.07, 6.45) is 0. The molecule has 1 aliphatic rings. The van der Waals surface area contributed by atoms with Crippen molar-refractivity contribution in [3.8, 4) is 5.75 Å². The number of nitrogens with zero attached hydrogens (tertiary/aromatic N) is 4. The van der Waals surface area contributed by atoms with Crippen LogP contribution < -0.4 is 4.74 Å². The molecule has 0 spiro atoms. The highest BCUT2D eigenvalue weighted by Gasteiger charge is 2.48. The Bertz CT molecular complexity index is 897. The monoisotopic (exact) mass is 397 g/mol. The molecule has 12 heteroatoms. The smallest absolute Gasteiger partial charge is 0.325 e. The quantitative estimate of drug-likeness (QED) is 0.689. The number of carboxylic acids is 1. The third-order valence-corrected chi connectivity index (χ3v) is 6.04. The third-order valence-electron chi connectivity index (χ3n) is 4.16. The van der Waals surface area contributed by atoms with E-state index in [1.54, 1.807) is 13.8 Å². The van der Waals surface area contributed by atoms with Crippen LogP contribution in [-0.2, 0) is 26.2 Å². The van der Waals surface area contributed by atoms with Gasteiger partial charge in [0, 0.05) is 6.54 Å². The summed E-state index contributed by atoms with van der Waals surface area (Å²) >= 11 is 0. The Morgan fingerprint density at radius 1 is 1.41 bits per heavy atom. The van der Waals surface area contributed by atoms with E-state index in [0.717, 1.165) is 4.31 Å². The Hall–Kier alpha value is -2.57. The van der Waals surface area contributed by atoms with Gasteiger partial charge in [-0.15, -0.1) is 5.10 Å². The van der Waals surface area contributed by atoms with Gasteiger partial charge in [0.2, 0.25) is 10.0 Å². The zero-order valence-corrected chi connectivity index (χ0v) is 15.5. The van der Waals surface area contributed by atoms with E-state index in [1.165, 1.54) is 24.3 Å². The number of aromatic nitrogens is 4. The van der Waals surface area contributed by atoms with E-state index in [0.29, 0.717) is 11.6 Å². The van der Waals surface area contributed by atoms with Gasteiger partial charge in [-0.05, 0) is 48.5 Å². The van der Waals surface area contributed by atoms with Crippen molar-refractivity contribution in [2.24, 2.45) is 0 Å². The number of aromatic amines is 1. The predicted molar refractivity (Wildman–Crippen MR) is 90.3 cm³/mol. The molecule has 27 heavy (non-hydrogen) atoms. The number of ether oxygens (including phenoxy) is 2. The Labute approximate surface area is 155 Å². The van der Waals surface area contributed by atoms with Crippen molar-refractivity contribution in [1.82, 2.24) is 24.9 Å². The molecule has 11 nitrogen and oxygen atoms in total. The second-order valence-electron chi connectivity index (χ2n) is 6.42. The SMILES string of the molecule is CC1(C)OCCN(S(=O)(=O)c2ccc(OCc3nnn[nH]3)cc2)[C@H]1C(=O)O. The summed E-state index contributed by atoms with van der Waals surface area (Å²) < 4.78 is 37.8. The van der Waals surface area contributed by atoms with Gasteiger partial charge in [0.25, 0.3) is 0 Å². The fourth-order valence-corrected chi connectivity index (χ4v) is 4.56. The minimum Gasteiger partial charge on any atom is -0.486 e. The van der Waals surface area contributed by atoms with Crippen LogP contribution in [0.2, 0.25) is 0 Å². The molecule has 0 unspecified atom stereocenters. The molecule has 0 bridgehead atoms. The van der Waals surface area contributed by atoms with Gasteiger partial charge in [0.05, 0.1) is 17.1 Å². The zero-order chi connectivity index (χ0) is 19.7. The Kier molecular flexibility index (Phi) is 5.13. The zero-order valence-electron chi connectivity index (χ0n) is 14.7. The normalized spacial score (nSPS) is 20.3. The topological polar surface area (TPSA) is 148 Å². The van der Waals surface area contributed by atoms with Crippen LogP contribution >= 0.6 is 0 Å². The number of H-pyrrole nitrogens is 1. The lowest BCUT2D eigenvalue weighted by Crippen LogP contribution is -2.61. The lowest BCUT2D eigenvalue weighted by Gasteiger charge is -2.42. The maximum absolute atomic E-state index is 13.0. The van der Waals surface area contributed by atoms with Crippen LogP contribution in [0.4, 0.5) is 0 Å². The lowest BCUT2D eigenvalue weighted by molar-refractivity contribution is -0.162. The minimum absolute atomic E-state index is 0.0277. The van der Waals surface area contributed by atoms with Crippen molar-refractivity contribution in [3.63, 3.8) is 0 Å². The summed E-state index contributed by atoms with van der Waals surface area (Å²) in [4.78, 5) is 11.7. The van der Waals surface area contributed by atoms with E-state index in [-0.39, 0.29) is 24.7 Å². The molecule has 2 heterocycles. The molecule has 0 saturated carbocycles. The number of rotatable bonds is 6. The van der Waals surface area contributed by atoms with Crippen LogP contribution in [0, 0.1) is 0 Å². The van der Waals surface area contributed by atoms with Crippen molar-refractivity contribution in [1.29, 1.82) is 0 Å². The van der Waals surface area contributed by atoms with Gasteiger partial charge < -0.3 is 14.6 Å². The van der Waals surface area contributed by atoms with E-state index in [4.69, 9.17) is 9.47 Å². The molecule has 146 valence electrons. The summed E-state index contributed by atoms with van der Waals surface area (Å²) in [5.41, 5.74) is -1.15. The second-order valence-corrected chi connectivity index (χ2v) is 8.31. The first-order chi connectivity index (χ1) is 12.7. The average Bonchev–Trinajstić information content (AvgIpc) is 3.12. The van der Waals surface area contributed by atoms with Crippen LogP contribution in [0.15, 0.2) is 29.2 Å². The number of carboxylic acid groups (broad SMARTS) is 1. The largest absolute Gasteiger partial charge is 0.486 e. The van der Waals surface area contributed by atoms with Gasteiger partial charge in [0.15, 0.2) is 11.9 Å². The van der Waals surface area contributed by atoms with Crippen molar-refractivity contribution >= 4 is 16.0 Å². The highest BCUT2D eigenvalue weighted by Crippen LogP contribution is 2.30. The van der Waals surface area contributed by atoms with Gasteiger partial charge in [0.1, 0.15) is 12.4 Å². The molecule has 0 amide bonds. The number of carbonyl (C=O) groups is 1. The molecule has 1 aromatic heterocycles. The average molecular weight is 397 g/mol. The number of aliphatic carboxylic acids is 1. The molecule has 1 aliphatic heterocycles. The molecule has 0 aliphatic carbocycles. The summed E-state index contributed by atoms with van der Waals surface area (Å²) in [7, 11) is -4.02. The van der Waals surface area contributed by atoms with E-state index in [9.17, 15) is 18.3 Å². The van der Waals surface area contributed by atoms with Gasteiger partial charge in [-0.25, -0.2) is 13.5 Å². The van der Waals surface area contributed by atoms with Gasteiger partial charge >= 0.3 is 5.97 Å². The number of hydrogen-bond acceptors (Lipinski definition) is 8. The summed E-state index contributed by atoms with van der Waals surface area (Å²) in [6, 6.07) is 4.37. The van der Waals surface area contributed by atoms with Crippen LogP contribution in [0.25, 0.3) is 0 Å². The first-order valence-corrected chi connectivity index (χ1v) is 9.50. The molecule has 1 atom stereocenters. The Balaban J connectivity index is 1.80. The molecule has 1 fully saturated rings. The highest BCUT2D eigenvalue weighted by molar-refractivity contribution is 7.89. The summed E-state index contributed by atoms with van der Waals surface area (Å²) in [5.74, 6) is -0.419. The highest BCUT2D eigenvalue weighted by atomic mass is 32.2. The Morgan fingerprint density at radius 3 is 2.70 bits per heavy atom. The minimum atomic E-state index is -4.02. The number of benzene rings is 1. The molecule has 3 rings (SSSR count). The molecule has 2 aromatic rings. The van der Waals surface area contributed by atoms with Gasteiger partial charge in [-0.3, -0.25) is 4.79 Å². The number of tetrazole rings is 1. The molecule has 1 saturated heterocycles. The van der Waals surface area contributed by atoms with E-state index >= 15 is 0 Å². The van der Waals surface area contributed by atoms with Crippen LogP contribution in [0.5, 0.6) is 5.75 Å². The van der Waals surface area contributed by atoms with Crippen LogP contribution in [-0.4, -0.2) is 69.2 Å². The van der Waals surface area contributed by atoms with Gasteiger partial charge in [-0.2, -0.15) is 4.31 Å². The van der Waals surface area contributed by atoms with E-state index in [2.05, 4.69) is 20.6 Å². The van der Waals surface area contributed by atoms with E-state index in [1.807, 2.05) is 0 Å². The fraction of sp³-hybridized carbons (Fsp3) is 0.467. The molecule has 1 aromatic carbocycles. The summed E-state index contributed by atoms with van der Waals surface area (Å²) in [6.45, 7) is 3.28. The number of morpholine rings is 1.